The van der Waals surface area contributed by atoms with Gasteiger partial charge in [0.1, 0.15) is 0 Å². The third-order valence-electron chi connectivity index (χ3n) is 10.1. The predicted octanol–water partition coefficient (Wildman–Crippen LogP) is 11.4. The summed E-state index contributed by atoms with van der Waals surface area (Å²) in [7, 11) is 0. The molecule has 15 heteroatoms. The van der Waals surface area contributed by atoms with Crippen molar-refractivity contribution in [2.45, 2.75) is 60.1 Å². The minimum Gasteiger partial charge on any atom is -0.478 e. The molecule has 0 amide bonds. The molecule has 4 aromatic carbocycles. The van der Waals surface area contributed by atoms with E-state index in [-0.39, 0.29) is 41.4 Å². The van der Waals surface area contributed by atoms with E-state index in [1.165, 1.54) is 60.0 Å². The van der Waals surface area contributed by atoms with Crippen molar-refractivity contribution in [2.24, 2.45) is 0 Å². The van der Waals surface area contributed by atoms with Crippen LogP contribution < -0.4 is 11.1 Å². The fourth-order valence-electron chi connectivity index (χ4n) is 6.76. The number of aryl methyl sites for hydroxylation is 4. The Hall–Kier alpha value is -7.52. The molecular weight excluding hydrogens is 815 g/mol. The van der Waals surface area contributed by atoms with Crippen molar-refractivity contribution in [3.8, 4) is 22.5 Å². The van der Waals surface area contributed by atoms with Gasteiger partial charge in [0.15, 0.2) is 5.78 Å². The normalized spacial score (nSPS) is 11.2. The van der Waals surface area contributed by atoms with E-state index >= 15 is 0 Å². The summed E-state index contributed by atoms with van der Waals surface area (Å²) >= 11 is 0. The Labute approximate surface area is 351 Å². The molecular formula is C47H36F6N4O5. The first kappa shape index (κ1) is 45.6. The lowest BCUT2D eigenvalue weighted by molar-refractivity contribution is -0.137. The van der Waals surface area contributed by atoms with Crippen molar-refractivity contribution in [2.75, 3.05) is 0 Å². The number of alkyl halides is 6. The Morgan fingerprint density at radius 2 is 0.935 bits per heavy atom. The van der Waals surface area contributed by atoms with E-state index in [9.17, 15) is 45.5 Å². The van der Waals surface area contributed by atoms with Gasteiger partial charge in [0, 0.05) is 17.0 Å². The Morgan fingerprint density at radius 3 is 1.23 bits per heavy atom. The molecule has 0 spiro atoms. The highest BCUT2D eigenvalue weighted by atomic mass is 19.4. The fraction of sp³-hybridized carbons (Fsp3) is 0.191. The van der Waals surface area contributed by atoms with Crippen LogP contribution in [0.2, 0.25) is 0 Å². The molecule has 1 N–H and O–H groups in total. The van der Waals surface area contributed by atoms with Gasteiger partial charge in [-0.05, 0) is 92.3 Å². The molecule has 2 heterocycles. The molecule has 0 aliphatic carbocycles. The molecule has 6 aromatic rings. The lowest BCUT2D eigenvalue weighted by Crippen LogP contribution is -2.25. The Kier molecular flexibility index (Phi) is 13.2. The van der Waals surface area contributed by atoms with Gasteiger partial charge in [-0.3, -0.25) is 14.4 Å². The van der Waals surface area contributed by atoms with Crippen LogP contribution in [0.25, 0.3) is 32.2 Å². The average Bonchev–Trinajstić information content (AvgIpc) is 3.20. The highest BCUT2D eigenvalue weighted by Gasteiger charge is 2.38. The second-order valence-corrected chi connectivity index (χ2v) is 14.5. The number of nitrogens with zero attached hydrogens (tertiary/aromatic N) is 4. The summed E-state index contributed by atoms with van der Waals surface area (Å²) in [5.74, 6) is -1.36. The van der Waals surface area contributed by atoms with Crippen LogP contribution >= 0.6 is 0 Å². The lowest BCUT2D eigenvalue weighted by atomic mass is 10.0. The Balaban J connectivity index is 0.000000234. The van der Waals surface area contributed by atoms with E-state index in [0.717, 1.165) is 44.5 Å². The number of carboxylic acid groups (broad SMARTS) is 1. The fourth-order valence-corrected chi connectivity index (χ4v) is 6.76. The number of carbonyl (C=O) groups excluding carboxylic acids is 1. The van der Waals surface area contributed by atoms with Gasteiger partial charge in [0.25, 0.3) is 22.5 Å². The van der Waals surface area contributed by atoms with Crippen molar-refractivity contribution in [3.63, 3.8) is 0 Å². The third kappa shape index (κ3) is 9.91. The monoisotopic (exact) mass is 850 g/mol. The summed E-state index contributed by atoms with van der Waals surface area (Å²) in [5, 5.41) is 9.07. The first-order chi connectivity index (χ1) is 29.0. The first-order valence-electron chi connectivity index (χ1n) is 18.6. The van der Waals surface area contributed by atoms with Gasteiger partial charge < -0.3 is 14.2 Å². The summed E-state index contributed by atoms with van der Waals surface area (Å²) < 4.78 is 83.9. The lowest BCUT2D eigenvalue weighted by Gasteiger charge is -2.19. The Bertz CT molecular complexity index is 2730. The number of carboxylic acids is 1. The van der Waals surface area contributed by atoms with Crippen LogP contribution in [0.15, 0.2) is 107 Å². The van der Waals surface area contributed by atoms with E-state index in [4.69, 9.17) is 18.3 Å². The van der Waals surface area contributed by atoms with Crippen LogP contribution in [0, 0.1) is 40.8 Å². The molecule has 0 saturated carbocycles. The van der Waals surface area contributed by atoms with E-state index < -0.39 is 51.9 Å². The van der Waals surface area contributed by atoms with Crippen LogP contribution in [-0.4, -0.2) is 26.0 Å². The van der Waals surface area contributed by atoms with Crippen molar-refractivity contribution >= 4 is 23.1 Å². The number of pyridine rings is 2. The van der Waals surface area contributed by atoms with E-state index in [1.807, 2.05) is 58.0 Å². The summed E-state index contributed by atoms with van der Waals surface area (Å²) in [4.78, 5) is 54.4. The quantitative estimate of drug-likeness (QED) is 0.0932. The number of hydrogen-bond donors (Lipinski definition) is 1. The maximum Gasteiger partial charge on any atom is 0.407 e. The zero-order chi connectivity index (χ0) is 45.8. The molecule has 0 saturated heterocycles. The van der Waals surface area contributed by atoms with Crippen molar-refractivity contribution < 1.29 is 41.0 Å². The van der Waals surface area contributed by atoms with Gasteiger partial charge in [-0.15, -0.1) is 0 Å². The molecule has 62 heavy (non-hydrogen) atoms. The SMILES string of the molecule is [C-]#[N+]c1c(C(F)(F)F)cc(-c2ccc(C(=O)O)cc2)n(Cc2ccc(C)cc2C)c1=O.[C-]#[N+]c1c(C(F)(F)F)cc(-c2ccc(C(C)=O)cc2)n(Cc2ccc(C)cc2C)c1=O. The smallest absolute Gasteiger partial charge is 0.407 e. The summed E-state index contributed by atoms with van der Waals surface area (Å²) in [6, 6.07) is 23.9. The van der Waals surface area contributed by atoms with E-state index in [2.05, 4.69) is 9.69 Å². The molecule has 6 rings (SSSR count). The van der Waals surface area contributed by atoms with Gasteiger partial charge in [-0.2, -0.15) is 26.3 Å². The molecule has 0 aliphatic heterocycles. The van der Waals surface area contributed by atoms with Gasteiger partial charge in [-0.25, -0.2) is 14.5 Å². The molecule has 0 radical (unpaired) electrons. The number of carbonyl (C=O) groups is 2. The van der Waals surface area contributed by atoms with Crippen LogP contribution in [0.1, 0.15) is 72.1 Å². The standard InChI is InChI=1S/C24H19F3N2O2.C23H17F3N2O3/c1-14-5-6-19(15(2)11-14)13-29-21(18-9-7-17(8-10-18)16(3)30)12-20(24(25,26)27)22(28-4)23(29)31;1-13-4-5-17(14(2)10-13)12-28-19(15-6-8-16(9-7-15)22(30)31)11-18(23(24,25)26)20(27-3)21(28)29/h5-12H,13H2,1-3H3;4-11H,12H2,1-2H3,(H,30,31). The number of halogens is 6. The highest BCUT2D eigenvalue weighted by Crippen LogP contribution is 2.39. The van der Waals surface area contributed by atoms with Crippen molar-refractivity contribution in [1.29, 1.82) is 0 Å². The van der Waals surface area contributed by atoms with Crippen molar-refractivity contribution in [1.82, 2.24) is 9.13 Å². The van der Waals surface area contributed by atoms with E-state index in [0.29, 0.717) is 16.7 Å². The van der Waals surface area contributed by atoms with Gasteiger partial charge in [0.2, 0.25) is 0 Å². The van der Waals surface area contributed by atoms with Gasteiger partial charge in [-0.1, -0.05) is 83.9 Å². The van der Waals surface area contributed by atoms with Crippen LogP contribution in [0.3, 0.4) is 0 Å². The molecule has 0 unspecified atom stereocenters. The number of aromatic carboxylic acids is 1. The molecule has 9 nitrogen and oxygen atoms in total. The molecule has 0 atom stereocenters. The summed E-state index contributed by atoms with van der Waals surface area (Å²) in [6.07, 6.45) is -9.75. The molecule has 2 aromatic heterocycles. The third-order valence-corrected chi connectivity index (χ3v) is 10.1. The molecule has 316 valence electrons. The highest BCUT2D eigenvalue weighted by molar-refractivity contribution is 5.94. The summed E-state index contributed by atoms with van der Waals surface area (Å²) in [5.41, 5.74) is -0.478. The number of Topliss-reactive ketones (excluding diaryl/α,β-unsaturated/α-hetero) is 1. The largest absolute Gasteiger partial charge is 0.478 e. The maximum atomic E-state index is 13.6. The number of aromatic nitrogens is 2. The van der Waals surface area contributed by atoms with Crippen LogP contribution in [0.5, 0.6) is 0 Å². The zero-order valence-corrected chi connectivity index (χ0v) is 33.8. The first-order valence-corrected chi connectivity index (χ1v) is 18.6. The second kappa shape index (κ2) is 18.0. The number of benzene rings is 4. The minimum atomic E-state index is -4.90. The number of ketones is 1. The molecule has 0 bridgehead atoms. The average molecular weight is 851 g/mol. The summed E-state index contributed by atoms with van der Waals surface area (Å²) in [6.45, 7) is 23.2. The van der Waals surface area contributed by atoms with Crippen LogP contribution in [-0.2, 0) is 25.4 Å². The number of rotatable bonds is 8. The maximum absolute atomic E-state index is 13.6. The van der Waals surface area contributed by atoms with Gasteiger partial charge >= 0.3 is 18.3 Å². The Morgan fingerprint density at radius 1 is 0.581 bits per heavy atom. The van der Waals surface area contributed by atoms with E-state index in [1.54, 1.807) is 6.07 Å². The predicted molar refractivity (Wildman–Crippen MR) is 222 cm³/mol. The molecule has 0 aliphatic rings. The van der Waals surface area contributed by atoms with Crippen LogP contribution in [0.4, 0.5) is 37.7 Å². The zero-order valence-electron chi connectivity index (χ0n) is 33.8. The number of hydrogen-bond acceptors (Lipinski definition) is 4. The topological polar surface area (TPSA) is 107 Å². The second-order valence-electron chi connectivity index (χ2n) is 14.5. The molecule has 0 fully saturated rings. The van der Waals surface area contributed by atoms with Gasteiger partial charge in [0.05, 0.1) is 42.9 Å². The van der Waals surface area contributed by atoms with Crippen molar-refractivity contribution in [3.05, 3.63) is 196 Å². The minimum absolute atomic E-state index is 0.00932.